The molecular formula is C11H16N2O5S. The van der Waals surface area contributed by atoms with Gasteiger partial charge in [0.1, 0.15) is 0 Å². The summed E-state index contributed by atoms with van der Waals surface area (Å²) in [7, 11) is -3.13. The molecule has 1 unspecified atom stereocenters. The highest BCUT2D eigenvalue weighted by molar-refractivity contribution is 7.91. The summed E-state index contributed by atoms with van der Waals surface area (Å²) < 4.78 is 22.8. The molecule has 0 aromatic carbocycles. The van der Waals surface area contributed by atoms with Crippen LogP contribution in [0.25, 0.3) is 0 Å². The average molecular weight is 288 g/mol. The van der Waals surface area contributed by atoms with E-state index >= 15 is 0 Å². The van der Waals surface area contributed by atoms with Gasteiger partial charge in [-0.2, -0.15) is 0 Å². The number of carboxylic acid groups (broad SMARTS) is 1. The van der Waals surface area contributed by atoms with Crippen molar-refractivity contribution in [3.05, 3.63) is 0 Å². The van der Waals surface area contributed by atoms with Gasteiger partial charge in [0, 0.05) is 6.04 Å². The Bertz CT molecular complexity index is 494. The molecule has 1 rings (SSSR count). The van der Waals surface area contributed by atoms with Crippen LogP contribution < -0.4 is 5.32 Å². The largest absolute Gasteiger partial charge is 0.480 e. The van der Waals surface area contributed by atoms with Crippen LogP contribution in [0.1, 0.15) is 6.42 Å². The maximum atomic E-state index is 11.5. The highest BCUT2D eigenvalue weighted by Crippen LogP contribution is 2.17. The molecule has 1 aliphatic rings. The zero-order chi connectivity index (χ0) is 14.5. The molecule has 2 N–H and O–H groups in total. The van der Waals surface area contributed by atoms with Crippen molar-refractivity contribution in [1.82, 2.24) is 10.2 Å². The molecular weight excluding hydrogens is 272 g/mol. The first-order chi connectivity index (χ1) is 8.84. The summed E-state index contributed by atoms with van der Waals surface area (Å²) in [5, 5.41) is 11.2. The standard InChI is InChI=1S/C11H16N2O5S/c1-2-4-12-10(14)6-13(7-11(15)16)9-3-5-19(17,18)8-9/h1,9H,3-8H2,(H,12,14)(H,15,16). The number of carbonyl (C=O) groups is 2. The molecule has 106 valence electrons. The highest BCUT2D eigenvalue weighted by Gasteiger charge is 2.33. The van der Waals surface area contributed by atoms with Gasteiger partial charge < -0.3 is 10.4 Å². The van der Waals surface area contributed by atoms with E-state index in [-0.39, 0.29) is 31.1 Å². The van der Waals surface area contributed by atoms with Gasteiger partial charge in [-0.05, 0) is 6.42 Å². The SMILES string of the molecule is C#CCNC(=O)CN(CC(=O)O)C1CCS(=O)(=O)C1. The number of terminal acetylenes is 1. The number of aliphatic carboxylic acids is 1. The maximum Gasteiger partial charge on any atom is 0.317 e. The van der Waals surface area contributed by atoms with E-state index in [2.05, 4.69) is 11.2 Å². The molecule has 8 heteroatoms. The molecule has 1 saturated heterocycles. The zero-order valence-corrected chi connectivity index (χ0v) is 11.1. The zero-order valence-electron chi connectivity index (χ0n) is 10.3. The average Bonchev–Trinajstić information content (AvgIpc) is 2.65. The molecule has 0 aromatic rings. The lowest BCUT2D eigenvalue weighted by atomic mass is 10.2. The molecule has 0 bridgehead atoms. The molecule has 1 aliphatic heterocycles. The number of nitrogens with one attached hydrogen (secondary N) is 1. The Balaban J connectivity index is 2.65. The first kappa shape index (κ1) is 15.5. The predicted molar refractivity (Wildman–Crippen MR) is 68.1 cm³/mol. The van der Waals surface area contributed by atoms with Crippen LogP contribution in [-0.2, 0) is 19.4 Å². The first-order valence-electron chi connectivity index (χ1n) is 5.70. The van der Waals surface area contributed by atoms with Crippen molar-refractivity contribution in [3.63, 3.8) is 0 Å². The Kier molecular flexibility index (Phi) is 5.32. The third-order valence-corrected chi connectivity index (χ3v) is 4.55. The Morgan fingerprint density at radius 2 is 2.11 bits per heavy atom. The van der Waals surface area contributed by atoms with Crippen LogP contribution >= 0.6 is 0 Å². The molecule has 0 aromatic heterocycles. The van der Waals surface area contributed by atoms with Crippen molar-refractivity contribution < 1.29 is 23.1 Å². The number of rotatable bonds is 6. The van der Waals surface area contributed by atoms with Crippen LogP contribution in [0.15, 0.2) is 0 Å². The molecule has 0 aliphatic carbocycles. The Labute approximate surface area is 111 Å². The van der Waals surface area contributed by atoms with E-state index in [1.54, 1.807) is 0 Å². The molecule has 0 radical (unpaired) electrons. The van der Waals surface area contributed by atoms with Crippen molar-refractivity contribution in [2.75, 3.05) is 31.1 Å². The van der Waals surface area contributed by atoms with Gasteiger partial charge in [0.2, 0.25) is 5.91 Å². The second-order valence-electron chi connectivity index (χ2n) is 4.34. The van der Waals surface area contributed by atoms with Crippen LogP contribution in [0, 0.1) is 12.3 Å². The van der Waals surface area contributed by atoms with E-state index in [1.165, 1.54) is 4.90 Å². The van der Waals surface area contributed by atoms with Crippen LogP contribution in [0.5, 0.6) is 0 Å². The fourth-order valence-corrected chi connectivity index (χ4v) is 3.70. The summed E-state index contributed by atoms with van der Waals surface area (Å²) in [6.07, 6.45) is 5.34. The third-order valence-electron chi connectivity index (χ3n) is 2.80. The molecule has 1 fully saturated rings. The van der Waals surface area contributed by atoms with Gasteiger partial charge in [0.25, 0.3) is 0 Å². The van der Waals surface area contributed by atoms with E-state index < -0.39 is 27.8 Å². The number of hydrogen-bond acceptors (Lipinski definition) is 5. The minimum absolute atomic E-state index is 0.0275. The van der Waals surface area contributed by atoms with Gasteiger partial charge in [-0.15, -0.1) is 6.42 Å². The molecule has 7 nitrogen and oxygen atoms in total. The van der Waals surface area contributed by atoms with Crippen LogP contribution in [0.3, 0.4) is 0 Å². The predicted octanol–water partition coefficient (Wildman–Crippen LogP) is -1.69. The van der Waals surface area contributed by atoms with E-state index in [9.17, 15) is 18.0 Å². The van der Waals surface area contributed by atoms with E-state index in [4.69, 9.17) is 11.5 Å². The molecule has 19 heavy (non-hydrogen) atoms. The van der Waals surface area contributed by atoms with Crippen molar-refractivity contribution in [3.8, 4) is 12.3 Å². The molecule has 1 heterocycles. The van der Waals surface area contributed by atoms with Gasteiger partial charge >= 0.3 is 5.97 Å². The fraction of sp³-hybridized carbons (Fsp3) is 0.636. The topological polar surface area (TPSA) is 104 Å². The second kappa shape index (κ2) is 6.54. The van der Waals surface area contributed by atoms with Gasteiger partial charge in [0.15, 0.2) is 9.84 Å². The number of hydrogen-bond donors (Lipinski definition) is 2. The highest BCUT2D eigenvalue weighted by atomic mass is 32.2. The maximum absolute atomic E-state index is 11.5. The number of nitrogens with zero attached hydrogens (tertiary/aromatic N) is 1. The fourth-order valence-electron chi connectivity index (χ4n) is 1.94. The normalized spacial score (nSPS) is 20.9. The van der Waals surface area contributed by atoms with E-state index in [0.29, 0.717) is 6.42 Å². The van der Waals surface area contributed by atoms with E-state index in [1.807, 2.05) is 0 Å². The first-order valence-corrected chi connectivity index (χ1v) is 7.52. The molecule has 1 atom stereocenters. The van der Waals surface area contributed by atoms with Crippen molar-refractivity contribution >= 4 is 21.7 Å². The van der Waals surface area contributed by atoms with Crippen molar-refractivity contribution in [1.29, 1.82) is 0 Å². The van der Waals surface area contributed by atoms with Gasteiger partial charge in [-0.25, -0.2) is 8.42 Å². The Hall–Kier alpha value is -1.59. The summed E-state index contributed by atoms with van der Waals surface area (Å²) in [5.41, 5.74) is 0. The minimum Gasteiger partial charge on any atom is -0.480 e. The second-order valence-corrected chi connectivity index (χ2v) is 6.57. The number of amides is 1. The van der Waals surface area contributed by atoms with Crippen molar-refractivity contribution in [2.24, 2.45) is 0 Å². The third kappa shape index (κ3) is 5.28. The summed E-state index contributed by atoms with van der Waals surface area (Å²) in [6, 6.07) is -0.433. The van der Waals surface area contributed by atoms with Crippen LogP contribution in [0.4, 0.5) is 0 Å². The number of carbonyl (C=O) groups excluding carboxylic acids is 1. The van der Waals surface area contributed by atoms with Crippen molar-refractivity contribution in [2.45, 2.75) is 12.5 Å². The Morgan fingerprint density at radius 3 is 2.58 bits per heavy atom. The summed E-state index contributed by atoms with van der Waals surface area (Å²) in [5.74, 6) is 0.636. The lowest BCUT2D eigenvalue weighted by Gasteiger charge is -2.25. The number of carboxylic acids is 1. The Morgan fingerprint density at radius 1 is 1.42 bits per heavy atom. The quantitative estimate of drug-likeness (QED) is 0.565. The smallest absolute Gasteiger partial charge is 0.317 e. The summed E-state index contributed by atoms with van der Waals surface area (Å²) in [4.78, 5) is 23.6. The number of sulfone groups is 1. The van der Waals surface area contributed by atoms with Crippen LogP contribution in [-0.4, -0.2) is 67.5 Å². The molecule has 0 spiro atoms. The van der Waals surface area contributed by atoms with Gasteiger partial charge in [-0.1, -0.05) is 5.92 Å². The summed E-state index contributed by atoms with van der Waals surface area (Å²) in [6.45, 7) is -0.486. The lowest BCUT2D eigenvalue weighted by Crippen LogP contribution is -2.46. The van der Waals surface area contributed by atoms with Crippen LogP contribution in [0.2, 0.25) is 0 Å². The summed E-state index contributed by atoms with van der Waals surface area (Å²) >= 11 is 0. The monoisotopic (exact) mass is 288 g/mol. The molecule has 1 amide bonds. The van der Waals surface area contributed by atoms with Gasteiger partial charge in [-0.3, -0.25) is 14.5 Å². The van der Waals surface area contributed by atoms with E-state index in [0.717, 1.165) is 0 Å². The minimum atomic E-state index is -3.13. The molecule has 0 saturated carbocycles. The van der Waals surface area contributed by atoms with Gasteiger partial charge in [0.05, 0.1) is 31.1 Å². The lowest BCUT2D eigenvalue weighted by molar-refractivity contribution is -0.139.